The third kappa shape index (κ3) is 6.26. The van der Waals surface area contributed by atoms with E-state index >= 15 is 0 Å². The molecule has 0 aliphatic rings. The van der Waals surface area contributed by atoms with Crippen molar-refractivity contribution in [2.45, 2.75) is 39.2 Å². The van der Waals surface area contributed by atoms with Crippen molar-refractivity contribution in [3.63, 3.8) is 0 Å². The molecule has 3 rings (SSSR count). The number of ether oxygens (including phenoxy) is 2. The highest BCUT2D eigenvalue weighted by atomic mass is 19.4. The third-order valence-corrected chi connectivity index (χ3v) is 5.13. The number of hydrogen-bond acceptors (Lipinski definition) is 3. The Balaban J connectivity index is 2.00. The van der Waals surface area contributed by atoms with Crippen molar-refractivity contribution in [2.24, 2.45) is 0 Å². The monoisotopic (exact) mass is 443 g/mol. The number of likely N-dealkylation sites (N-methyl/N-ethyl adjacent to an activating group) is 1. The predicted octanol–water partition coefficient (Wildman–Crippen LogP) is 6.58. The lowest BCUT2D eigenvalue weighted by molar-refractivity contribution is -0.140. The first-order valence-electron chi connectivity index (χ1n) is 10.7. The van der Waals surface area contributed by atoms with Crippen LogP contribution in [-0.2, 0) is 19.4 Å². The Morgan fingerprint density at radius 2 is 1.38 bits per heavy atom. The highest BCUT2D eigenvalue weighted by Crippen LogP contribution is 2.46. The second-order valence-electron chi connectivity index (χ2n) is 7.61. The van der Waals surface area contributed by atoms with Crippen LogP contribution in [0.3, 0.4) is 0 Å². The number of alkyl halides is 3. The van der Waals surface area contributed by atoms with Crippen LogP contribution in [-0.4, -0.2) is 13.1 Å². The van der Waals surface area contributed by atoms with Gasteiger partial charge in [0.15, 0.2) is 11.5 Å². The van der Waals surface area contributed by atoms with Crippen molar-refractivity contribution in [2.75, 3.05) is 13.1 Å². The van der Waals surface area contributed by atoms with Crippen molar-refractivity contribution in [3.8, 4) is 11.5 Å². The van der Waals surface area contributed by atoms with Crippen LogP contribution in [0, 0.1) is 0 Å². The molecule has 0 amide bonds. The van der Waals surface area contributed by atoms with E-state index in [2.05, 4.69) is 5.32 Å². The summed E-state index contributed by atoms with van der Waals surface area (Å²) in [5.74, 6) is -0.538. The first-order valence-corrected chi connectivity index (χ1v) is 10.7. The Kier molecular flexibility index (Phi) is 8.17. The number of benzene rings is 3. The van der Waals surface area contributed by atoms with E-state index in [1.807, 2.05) is 67.6 Å². The molecule has 1 N–H and O–H groups in total. The highest BCUT2D eigenvalue weighted by molar-refractivity contribution is 5.53. The van der Waals surface area contributed by atoms with Crippen molar-refractivity contribution in [1.29, 1.82) is 0 Å². The summed E-state index contributed by atoms with van der Waals surface area (Å²) in [7, 11) is 0. The van der Waals surface area contributed by atoms with Crippen LogP contribution in [0.15, 0.2) is 72.8 Å². The van der Waals surface area contributed by atoms with Gasteiger partial charge in [-0.15, -0.1) is 0 Å². The third-order valence-electron chi connectivity index (χ3n) is 5.13. The molecule has 0 heterocycles. The van der Waals surface area contributed by atoms with Crippen LogP contribution in [0.2, 0.25) is 0 Å². The van der Waals surface area contributed by atoms with E-state index in [1.54, 1.807) is 13.0 Å². The summed E-state index contributed by atoms with van der Waals surface area (Å²) in [4.78, 5) is 0. The molecule has 32 heavy (non-hydrogen) atoms. The van der Waals surface area contributed by atoms with Crippen molar-refractivity contribution < 1.29 is 22.6 Å². The van der Waals surface area contributed by atoms with E-state index in [-0.39, 0.29) is 36.2 Å². The van der Waals surface area contributed by atoms with Crippen LogP contribution in [0.1, 0.15) is 42.0 Å². The molecule has 0 saturated heterocycles. The number of rotatable bonds is 10. The van der Waals surface area contributed by atoms with E-state index in [0.717, 1.165) is 11.1 Å². The molecule has 0 fully saturated rings. The molecular weight excluding hydrogens is 415 g/mol. The molecule has 0 aromatic heterocycles. The summed E-state index contributed by atoms with van der Waals surface area (Å²) in [6, 6.07) is 21.5. The molecule has 3 nitrogen and oxygen atoms in total. The second-order valence-corrected chi connectivity index (χ2v) is 7.61. The maximum atomic E-state index is 14.3. The van der Waals surface area contributed by atoms with Crippen molar-refractivity contribution >= 4 is 0 Å². The van der Waals surface area contributed by atoms with Gasteiger partial charge in [0, 0.05) is 6.54 Å². The van der Waals surface area contributed by atoms with Gasteiger partial charge in [-0.2, -0.15) is 13.2 Å². The Labute approximate surface area is 187 Å². The van der Waals surface area contributed by atoms with Gasteiger partial charge in [0.05, 0.1) is 0 Å². The zero-order chi connectivity index (χ0) is 23.0. The van der Waals surface area contributed by atoms with Crippen molar-refractivity contribution in [1.82, 2.24) is 5.32 Å². The van der Waals surface area contributed by atoms with Crippen LogP contribution >= 0.6 is 0 Å². The van der Waals surface area contributed by atoms with Gasteiger partial charge in [-0.05, 0) is 35.2 Å². The largest absolute Gasteiger partial charge is 0.485 e. The maximum Gasteiger partial charge on any atom is 0.420 e. The molecule has 0 radical (unpaired) electrons. The molecule has 0 saturated carbocycles. The Bertz CT molecular complexity index is 976. The molecular formula is C26H28F3NO2. The first kappa shape index (κ1) is 23.7. The van der Waals surface area contributed by atoms with Gasteiger partial charge < -0.3 is 14.8 Å². The summed E-state index contributed by atoms with van der Waals surface area (Å²) in [5, 5.41) is 3.12. The molecule has 6 heteroatoms. The number of nitrogens with one attached hydrogen (secondary N) is 1. The second kappa shape index (κ2) is 11.0. The fraction of sp³-hybridized carbons (Fsp3) is 0.308. The van der Waals surface area contributed by atoms with E-state index in [9.17, 15) is 13.2 Å². The van der Waals surface area contributed by atoms with Gasteiger partial charge in [0.1, 0.15) is 18.8 Å². The highest BCUT2D eigenvalue weighted by Gasteiger charge is 2.40. The molecule has 0 aliphatic heterocycles. The minimum absolute atomic E-state index is 0.0106. The normalized spacial score (nSPS) is 12.4. The van der Waals surface area contributed by atoms with Gasteiger partial charge in [-0.25, -0.2) is 0 Å². The summed E-state index contributed by atoms with van der Waals surface area (Å²) >= 11 is 0. The van der Waals surface area contributed by atoms with Crippen LogP contribution < -0.4 is 14.8 Å². The zero-order valence-corrected chi connectivity index (χ0v) is 18.3. The molecule has 3 aromatic rings. The minimum Gasteiger partial charge on any atom is -0.485 e. The van der Waals surface area contributed by atoms with E-state index < -0.39 is 11.7 Å². The van der Waals surface area contributed by atoms with Crippen LogP contribution in [0.5, 0.6) is 11.5 Å². The standard InChI is InChI=1S/C26H28F3NO2/c1-3-30-16-19(2)22-14-15-23(31-17-20-10-6-4-7-11-20)25(24(22)26(27,28)29)32-18-21-12-8-5-9-13-21/h4-15,19,30H,3,16-18H2,1-2H3. The molecule has 170 valence electrons. The van der Waals surface area contributed by atoms with Crippen molar-refractivity contribution in [3.05, 3.63) is 95.1 Å². The fourth-order valence-electron chi connectivity index (χ4n) is 3.47. The molecule has 1 unspecified atom stereocenters. The quantitative estimate of drug-likeness (QED) is 0.384. The summed E-state index contributed by atoms with van der Waals surface area (Å²) in [5.41, 5.74) is 1.05. The Morgan fingerprint density at radius 1 is 0.812 bits per heavy atom. The maximum absolute atomic E-state index is 14.3. The van der Waals surface area contributed by atoms with E-state index in [4.69, 9.17) is 9.47 Å². The molecule has 1 atom stereocenters. The summed E-state index contributed by atoms with van der Waals surface area (Å²) < 4.78 is 54.5. The van der Waals surface area contributed by atoms with E-state index in [0.29, 0.717) is 13.1 Å². The lowest BCUT2D eigenvalue weighted by Gasteiger charge is -2.24. The predicted molar refractivity (Wildman–Crippen MR) is 120 cm³/mol. The SMILES string of the molecule is CCNCC(C)c1ccc(OCc2ccccc2)c(OCc2ccccc2)c1C(F)(F)F. The zero-order valence-electron chi connectivity index (χ0n) is 18.3. The molecule has 3 aromatic carbocycles. The first-order chi connectivity index (χ1) is 15.4. The topological polar surface area (TPSA) is 30.5 Å². The molecule has 0 bridgehead atoms. The lowest BCUT2D eigenvalue weighted by Crippen LogP contribution is -2.22. The van der Waals surface area contributed by atoms with Crippen LogP contribution in [0.25, 0.3) is 0 Å². The minimum atomic E-state index is -4.59. The van der Waals surface area contributed by atoms with Gasteiger partial charge in [-0.3, -0.25) is 0 Å². The van der Waals surface area contributed by atoms with Gasteiger partial charge in [0.2, 0.25) is 0 Å². The summed E-state index contributed by atoms with van der Waals surface area (Å²) in [6.07, 6.45) is -4.59. The van der Waals surface area contributed by atoms with Gasteiger partial charge >= 0.3 is 6.18 Å². The fourth-order valence-corrected chi connectivity index (χ4v) is 3.47. The Hall–Kier alpha value is -2.99. The van der Waals surface area contributed by atoms with Gasteiger partial charge in [-0.1, -0.05) is 80.6 Å². The lowest BCUT2D eigenvalue weighted by atomic mass is 9.94. The summed E-state index contributed by atoms with van der Waals surface area (Å²) in [6.45, 7) is 4.97. The molecule has 0 spiro atoms. The average Bonchev–Trinajstić information content (AvgIpc) is 2.80. The van der Waals surface area contributed by atoms with E-state index in [1.165, 1.54) is 6.07 Å². The number of hydrogen-bond donors (Lipinski definition) is 1. The van der Waals surface area contributed by atoms with Crippen LogP contribution in [0.4, 0.5) is 13.2 Å². The van der Waals surface area contributed by atoms with Gasteiger partial charge in [0.25, 0.3) is 0 Å². The number of halogens is 3. The smallest absolute Gasteiger partial charge is 0.420 e. The average molecular weight is 444 g/mol. The molecule has 0 aliphatic carbocycles. The Morgan fingerprint density at radius 3 is 1.91 bits per heavy atom.